The fourth-order valence-electron chi connectivity index (χ4n) is 4.33. The van der Waals surface area contributed by atoms with Gasteiger partial charge in [-0.25, -0.2) is 9.97 Å². The Morgan fingerprint density at radius 2 is 1.47 bits per heavy atom. The Bertz CT molecular complexity index is 1340. The van der Waals surface area contributed by atoms with Crippen molar-refractivity contribution in [3.05, 3.63) is 57.8 Å². The van der Waals surface area contributed by atoms with Crippen LogP contribution in [0.4, 0.5) is 10.3 Å². The molecule has 4 aromatic rings. The van der Waals surface area contributed by atoms with Crippen molar-refractivity contribution in [2.45, 2.75) is 43.9 Å². The highest BCUT2D eigenvalue weighted by Gasteiger charge is 2.31. The zero-order valence-electron chi connectivity index (χ0n) is 21.1. The molecule has 1 saturated carbocycles. The van der Waals surface area contributed by atoms with Crippen molar-refractivity contribution in [2.75, 3.05) is 31.4 Å². The number of nitrogens with one attached hydrogen (secondary N) is 2. The van der Waals surface area contributed by atoms with E-state index in [0.717, 1.165) is 58.5 Å². The van der Waals surface area contributed by atoms with Crippen LogP contribution in [0.3, 0.4) is 0 Å². The number of hydrogen-bond acceptors (Lipinski definition) is 12. The van der Waals surface area contributed by atoms with Crippen LogP contribution in [0.5, 0.6) is 11.8 Å². The molecule has 1 aliphatic rings. The predicted molar refractivity (Wildman–Crippen MR) is 145 cm³/mol. The van der Waals surface area contributed by atoms with Crippen LogP contribution >= 0.6 is 22.7 Å². The van der Waals surface area contributed by atoms with E-state index in [1.54, 1.807) is 37.8 Å². The van der Waals surface area contributed by atoms with Gasteiger partial charge in [0.2, 0.25) is 27.9 Å². The quantitative estimate of drug-likeness (QED) is 0.280. The van der Waals surface area contributed by atoms with E-state index < -0.39 is 0 Å². The van der Waals surface area contributed by atoms with Crippen molar-refractivity contribution in [2.24, 2.45) is 0 Å². The summed E-state index contributed by atoms with van der Waals surface area (Å²) in [6, 6.07) is 7.44. The van der Waals surface area contributed by atoms with Crippen LogP contribution in [0.1, 0.15) is 52.2 Å². The fraction of sp³-hybridized carbons (Fsp3) is 0.400. The standard InChI is InChI=1S/C25H28N8O3S2/c1-35-20-7-3-15(13-27-20)9-10-26-24-32-30-22(37-24)17-5-6-18(12-17)23-31-33-25(38-23)29-19(34)11-16-4-8-21(36-2)28-14-16/h3-4,7-8,13-14,17-18H,5-6,9-12H2,1-2H3,(H,26,32)(H,29,33,34). The van der Waals surface area contributed by atoms with Crippen LogP contribution in [0.25, 0.3) is 0 Å². The number of methoxy groups -OCH3 is 2. The summed E-state index contributed by atoms with van der Waals surface area (Å²) in [5, 5.41) is 26.9. The monoisotopic (exact) mass is 552 g/mol. The first kappa shape index (κ1) is 25.9. The molecule has 0 radical (unpaired) electrons. The molecule has 0 aromatic carbocycles. The van der Waals surface area contributed by atoms with Crippen molar-refractivity contribution in [1.82, 2.24) is 30.4 Å². The zero-order chi connectivity index (χ0) is 26.3. The van der Waals surface area contributed by atoms with E-state index in [2.05, 4.69) is 41.0 Å². The third kappa shape index (κ3) is 6.58. The van der Waals surface area contributed by atoms with Gasteiger partial charge in [-0.05, 0) is 36.8 Å². The number of carbonyl (C=O) groups excluding carboxylic acids is 1. The van der Waals surface area contributed by atoms with Crippen molar-refractivity contribution in [1.29, 1.82) is 0 Å². The molecule has 2 atom stereocenters. The molecule has 11 nitrogen and oxygen atoms in total. The molecule has 4 heterocycles. The van der Waals surface area contributed by atoms with Gasteiger partial charge in [-0.2, -0.15) is 0 Å². The Morgan fingerprint density at radius 1 is 0.868 bits per heavy atom. The molecule has 0 aliphatic heterocycles. The minimum absolute atomic E-state index is 0.152. The second kappa shape index (κ2) is 12.2. The van der Waals surface area contributed by atoms with Crippen LogP contribution in [0.15, 0.2) is 36.7 Å². The van der Waals surface area contributed by atoms with E-state index in [1.807, 2.05) is 24.4 Å². The lowest BCUT2D eigenvalue weighted by Crippen LogP contribution is -2.14. The summed E-state index contributed by atoms with van der Waals surface area (Å²) in [5.74, 6) is 1.63. The molecule has 1 aliphatic carbocycles. The highest BCUT2D eigenvalue weighted by molar-refractivity contribution is 7.15. The molecule has 4 aromatic heterocycles. The Balaban J connectivity index is 1.08. The number of pyridine rings is 2. The Morgan fingerprint density at radius 3 is 2.08 bits per heavy atom. The average Bonchev–Trinajstić information content (AvgIpc) is 3.71. The summed E-state index contributed by atoms with van der Waals surface area (Å²) in [4.78, 5) is 20.8. The molecule has 0 bridgehead atoms. The van der Waals surface area contributed by atoms with Gasteiger partial charge in [-0.15, -0.1) is 20.4 Å². The maximum absolute atomic E-state index is 12.4. The number of hydrogen-bond donors (Lipinski definition) is 2. The van der Waals surface area contributed by atoms with Crippen molar-refractivity contribution in [3.63, 3.8) is 0 Å². The maximum Gasteiger partial charge on any atom is 0.230 e. The minimum atomic E-state index is -0.152. The van der Waals surface area contributed by atoms with Crippen molar-refractivity contribution in [3.8, 4) is 11.8 Å². The van der Waals surface area contributed by atoms with E-state index in [0.29, 0.717) is 28.7 Å². The van der Waals surface area contributed by atoms with Crippen LogP contribution in [-0.2, 0) is 17.6 Å². The van der Waals surface area contributed by atoms with Gasteiger partial charge in [0.05, 0.1) is 20.6 Å². The van der Waals surface area contributed by atoms with Crippen molar-refractivity contribution < 1.29 is 14.3 Å². The second-order valence-electron chi connectivity index (χ2n) is 8.92. The van der Waals surface area contributed by atoms with E-state index >= 15 is 0 Å². The number of aromatic nitrogens is 6. The molecule has 5 rings (SSSR count). The van der Waals surface area contributed by atoms with Gasteiger partial charge in [0.15, 0.2) is 0 Å². The molecule has 1 fully saturated rings. The number of carbonyl (C=O) groups is 1. The largest absolute Gasteiger partial charge is 0.481 e. The summed E-state index contributed by atoms with van der Waals surface area (Å²) in [7, 11) is 3.17. The van der Waals surface area contributed by atoms with Crippen LogP contribution in [-0.4, -0.2) is 57.0 Å². The molecule has 13 heteroatoms. The number of ether oxygens (including phenoxy) is 2. The molecule has 0 saturated heterocycles. The van der Waals surface area contributed by atoms with E-state index in [4.69, 9.17) is 9.47 Å². The van der Waals surface area contributed by atoms with Gasteiger partial charge in [0.1, 0.15) is 10.0 Å². The Labute approximate surface area is 228 Å². The van der Waals surface area contributed by atoms with Gasteiger partial charge >= 0.3 is 0 Å². The predicted octanol–water partition coefficient (Wildman–Crippen LogP) is 4.08. The maximum atomic E-state index is 12.4. The Hall–Kier alpha value is -3.71. The lowest BCUT2D eigenvalue weighted by Gasteiger charge is -2.05. The minimum Gasteiger partial charge on any atom is -0.481 e. The molecule has 1 amide bonds. The van der Waals surface area contributed by atoms with Gasteiger partial charge in [0, 0.05) is 42.9 Å². The first-order chi connectivity index (χ1) is 18.6. The number of rotatable bonds is 11. The smallest absolute Gasteiger partial charge is 0.230 e. The van der Waals surface area contributed by atoms with Crippen LogP contribution in [0, 0.1) is 0 Å². The van der Waals surface area contributed by atoms with E-state index in [9.17, 15) is 4.79 Å². The van der Waals surface area contributed by atoms with Crippen LogP contribution in [0.2, 0.25) is 0 Å². The highest BCUT2D eigenvalue weighted by atomic mass is 32.1. The normalized spacial score (nSPS) is 16.8. The number of nitrogens with zero attached hydrogens (tertiary/aromatic N) is 6. The lowest BCUT2D eigenvalue weighted by atomic mass is 10.1. The van der Waals surface area contributed by atoms with E-state index in [-0.39, 0.29) is 12.3 Å². The second-order valence-corrected chi connectivity index (χ2v) is 10.9. The average molecular weight is 553 g/mol. The summed E-state index contributed by atoms with van der Waals surface area (Å²) < 4.78 is 10.2. The number of amides is 1. The van der Waals surface area contributed by atoms with Crippen molar-refractivity contribution >= 4 is 38.8 Å². The third-order valence-electron chi connectivity index (χ3n) is 6.33. The van der Waals surface area contributed by atoms with Gasteiger partial charge < -0.3 is 20.1 Å². The molecule has 38 heavy (non-hydrogen) atoms. The number of anilines is 2. The summed E-state index contributed by atoms with van der Waals surface area (Å²) in [6.07, 6.45) is 7.50. The lowest BCUT2D eigenvalue weighted by molar-refractivity contribution is -0.115. The molecular weight excluding hydrogens is 524 g/mol. The molecule has 198 valence electrons. The summed E-state index contributed by atoms with van der Waals surface area (Å²) in [5.41, 5.74) is 1.93. The zero-order valence-corrected chi connectivity index (χ0v) is 22.7. The first-order valence-corrected chi connectivity index (χ1v) is 13.9. The first-order valence-electron chi connectivity index (χ1n) is 12.3. The molecule has 2 N–H and O–H groups in total. The van der Waals surface area contributed by atoms with Gasteiger partial charge in [-0.1, -0.05) is 34.8 Å². The topological polar surface area (TPSA) is 137 Å². The van der Waals surface area contributed by atoms with Crippen LogP contribution < -0.4 is 20.1 Å². The highest BCUT2D eigenvalue weighted by Crippen LogP contribution is 2.45. The SMILES string of the molecule is COc1ccc(CCNc2nnc(C3CCC(c4nnc(NC(=O)Cc5ccc(OC)nc5)s4)C3)s2)cn1. The molecule has 2 unspecified atom stereocenters. The summed E-state index contributed by atoms with van der Waals surface area (Å²) >= 11 is 3.05. The fourth-order valence-corrected chi connectivity index (χ4v) is 6.15. The van der Waals surface area contributed by atoms with Gasteiger partial charge in [0.25, 0.3) is 0 Å². The summed E-state index contributed by atoms with van der Waals surface area (Å²) in [6.45, 7) is 0.754. The molecular formula is C25H28N8O3S2. The van der Waals surface area contributed by atoms with Gasteiger partial charge in [-0.3, -0.25) is 4.79 Å². The molecule has 0 spiro atoms. The van der Waals surface area contributed by atoms with E-state index in [1.165, 1.54) is 11.3 Å². The third-order valence-corrected chi connectivity index (χ3v) is 8.37. The Kier molecular flexibility index (Phi) is 8.34.